The summed E-state index contributed by atoms with van der Waals surface area (Å²) in [6, 6.07) is 8.20. The molecule has 184 valence electrons. The van der Waals surface area contributed by atoms with Gasteiger partial charge in [0.1, 0.15) is 22.3 Å². The van der Waals surface area contributed by atoms with Gasteiger partial charge < -0.3 is 24.6 Å². The number of hydrogen-bond acceptors (Lipinski definition) is 6. The lowest BCUT2D eigenvalue weighted by Crippen LogP contribution is -2.44. The molecule has 2 N–H and O–H groups in total. The minimum atomic E-state index is -1.11. The first-order chi connectivity index (χ1) is 16.3. The van der Waals surface area contributed by atoms with Crippen molar-refractivity contribution in [2.45, 2.75) is 39.3 Å². The van der Waals surface area contributed by atoms with E-state index in [2.05, 4.69) is 10.2 Å². The molecule has 0 atom stereocenters. The number of halogens is 1. The zero-order chi connectivity index (χ0) is 24.7. The molecule has 2 aromatic rings. The lowest BCUT2D eigenvalue weighted by atomic mass is 10.0. The van der Waals surface area contributed by atoms with Gasteiger partial charge in [-0.25, -0.2) is 4.79 Å². The fourth-order valence-electron chi connectivity index (χ4n) is 3.97. The van der Waals surface area contributed by atoms with Crippen LogP contribution in [-0.4, -0.2) is 61.3 Å². The highest BCUT2D eigenvalue weighted by Crippen LogP contribution is 2.36. The largest absolute Gasteiger partial charge is 0.497 e. The van der Waals surface area contributed by atoms with Crippen LogP contribution in [0.3, 0.4) is 0 Å². The quantitative estimate of drug-likeness (QED) is 0.514. The Morgan fingerprint density at radius 3 is 2.15 bits per heavy atom. The third kappa shape index (κ3) is 6.55. The van der Waals surface area contributed by atoms with Crippen molar-refractivity contribution < 1.29 is 28.9 Å². The molecule has 0 radical (unpaired) electrons. The Morgan fingerprint density at radius 1 is 1.03 bits per heavy atom. The van der Waals surface area contributed by atoms with E-state index in [1.54, 1.807) is 6.07 Å². The summed E-state index contributed by atoms with van der Waals surface area (Å²) >= 11 is 6.40. The number of aromatic carboxylic acids is 1. The molecule has 0 spiro atoms. The molecular formula is C25H31ClN2O6. The predicted molar refractivity (Wildman–Crippen MR) is 130 cm³/mol. The SMILES string of the molecule is CCOc1cc(CN2CCC(NC(=O)c3cc(OC)cc(C(=O)O)c3)CC2)cc(OCC)c1Cl. The maximum atomic E-state index is 12.7. The summed E-state index contributed by atoms with van der Waals surface area (Å²) in [5, 5.41) is 12.8. The van der Waals surface area contributed by atoms with Crippen molar-refractivity contribution in [1.82, 2.24) is 10.2 Å². The maximum absolute atomic E-state index is 12.7. The van der Waals surface area contributed by atoms with Crippen LogP contribution in [0, 0.1) is 0 Å². The molecular weight excluding hydrogens is 460 g/mol. The molecule has 9 heteroatoms. The molecule has 1 aliphatic rings. The van der Waals surface area contributed by atoms with E-state index in [-0.39, 0.29) is 23.1 Å². The average molecular weight is 491 g/mol. The summed E-state index contributed by atoms with van der Waals surface area (Å²) in [4.78, 5) is 26.4. The molecule has 1 fully saturated rings. The van der Waals surface area contributed by atoms with Crippen LogP contribution in [0.25, 0.3) is 0 Å². The molecule has 0 bridgehead atoms. The maximum Gasteiger partial charge on any atom is 0.335 e. The van der Waals surface area contributed by atoms with Gasteiger partial charge in [0, 0.05) is 31.2 Å². The van der Waals surface area contributed by atoms with E-state index in [0.717, 1.165) is 38.0 Å². The van der Waals surface area contributed by atoms with Crippen LogP contribution in [0.1, 0.15) is 53.0 Å². The van der Waals surface area contributed by atoms with Crippen molar-refractivity contribution in [2.75, 3.05) is 33.4 Å². The van der Waals surface area contributed by atoms with Gasteiger partial charge in [-0.2, -0.15) is 0 Å². The van der Waals surface area contributed by atoms with Gasteiger partial charge in [-0.05, 0) is 62.6 Å². The topological polar surface area (TPSA) is 97.3 Å². The Kier molecular flexibility index (Phi) is 9.01. The van der Waals surface area contributed by atoms with Crippen molar-refractivity contribution in [3.05, 3.63) is 52.0 Å². The lowest BCUT2D eigenvalue weighted by molar-refractivity contribution is 0.0696. The highest BCUT2D eigenvalue weighted by atomic mass is 35.5. The minimum absolute atomic E-state index is 0.00594. The minimum Gasteiger partial charge on any atom is -0.497 e. The molecule has 0 saturated carbocycles. The van der Waals surface area contributed by atoms with Crippen LogP contribution in [0.2, 0.25) is 5.02 Å². The number of nitrogens with one attached hydrogen (secondary N) is 1. The normalized spacial score (nSPS) is 14.5. The highest BCUT2D eigenvalue weighted by molar-refractivity contribution is 6.33. The van der Waals surface area contributed by atoms with Gasteiger partial charge in [-0.15, -0.1) is 0 Å². The van der Waals surface area contributed by atoms with Crippen LogP contribution in [0.15, 0.2) is 30.3 Å². The number of carbonyl (C=O) groups is 2. The summed E-state index contributed by atoms with van der Waals surface area (Å²) in [6.07, 6.45) is 1.57. The van der Waals surface area contributed by atoms with Crippen LogP contribution < -0.4 is 19.5 Å². The first-order valence-corrected chi connectivity index (χ1v) is 11.8. The molecule has 34 heavy (non-hydrogen) atoms. The van der Waals surface area contributed by atoms with E-state index >= 15 is 0 Å². The van der Waals surface area contributed by atoms with Crippen molar-refractivity contribution in [3.63, 3.8) is 0 Å². The number of carboxylic acid groups (broad SMARTS) is 1. The molecule has 0 unspecified atom stereocenters. The van der Waals surface area contributed by atoms with Gasteiger partial charge in [0.05, 0.1) is 25.9 Å². The summed E-state index contributed by atoms with van der Waals surface area (Å²) in [5.74, 6) is 0.155. The fraction of sp³-hybridized carbons (Fsp3) is 0.440. The second-order valence-corrected chi connectivity index (χ2v) is 8.43. The van der Waals surface area contributed by atoms with E-state index in [0.29, 0.717) is 35.5 Å². The molecule has 0 aliphatic carbocycles. The summed E-state index contributed by atoms with van der Waals surface area (Å²) in [6.45, 7) is 7.19. The van der Waals surface area contributed by atoms with Crippen LogP contribution in [0.5, 0.6) is 17.2 Å². The third-order valence-corrected chi connectivity index (χ3v) is 6.02. The van der Waals surface area contributed by atoms with E-state index < -0.39 is 5.97 Å². The van der Waals surface area contributed by atoms with Gasteiger partial charge in [-0.1, -0.05) is 11.6 Å². The van der Waals surface area contributed by atoms with E-state index in [9.17, 15) is 14.7 Å². The van der Waals surface area contributed by atoms with Gasteiger partial charge in [0.2, 0.25) is 0 Å². The van der Waals surface area contributed by atoms with Gasteiger partial charge in [-0.3, -0.25) is 9.69 Å². The number of hydrogen-bond donors (Lipinski definition) is 2. The summed E-state index contributed by atoms with van der Waals surface area (Å²) < 4.78 is 16.5. The number of piperidine rings is 1. The number of rotatable bonds is 10. The number of methoxy groups -OCH3 is 1. The number of carbonyl (C=O) groups excluding carboxylic acids is 1. The Labute approximate surface area is 204 Å². The van der Waals surface area contributed by atoms with E-state index in [1.807, 2.05) is 26.0 Å². The monoisotopic (exact) mass is 490 g/mol. The Bertz CT molecular complexity index is 993. The second kappa shape index (κ2) is 11.9. The predicted octanol–water partition coefficient (Wildman–Crippen LogP) is 4.24. The Morgan fingerprint density at radius 2 is 1.62 bits per heavy atom. The number of benzene rings is 2. The van der Waals surface area contributed by atoms with Crippen molar-refractivity contribution in [3.8, 4) is 17.2 Å². The third-order valence-electron chi connectivity index (χ3n) is 5.65. The van der Waals surface area contributed by atoms with Gasteiger partial charge >= 0.3 is 5.97 Å². The molecule has 1 saturated heterocycles. The molecule has 2 aromatic carbocycles. The van der Waals surface area contributed by atoms with Crippen LogP contribution in [0.4, 0.5) is 0 Å². The van der Waals surface area contributed by atoms with Crippen LogP contribution >= 0.6 is 11.6 Å². The van der Waals surface area contributed by atoms with E-state index in [4.69, 9.17) is 25.8 Å². The molecule has 1 aliphatic heterocycles. The van der Waals surface area contributed by atoms with E-state index in [1.165, 1.54) is 19.2 Å². The highest BCUT2D eigenvalue weighted by Gasteiger charge is 2.23. The number of likely N-dealkylation sites (tertiary alicyclic amines) is 1. The number of carboxylic acids is 1. The first kappa shape index (κ1) is 25.6. The number of amides is 1. The standard InChI is InChI=1S/C25H31ClN2O6/c1-4-33-21-10-16(11-22(23(21)26)34-5-2)15-28-8-6-19(7-9-28)27-24(29)17-12-18(25(30)31)14-20(13-17)32-3/h10-14,19H,4-9,15H2,1-3H3,(H,27,29)(H,30,31). The van der Waals surface area contributed by atoms with Gasteiger partial charge in [0.25, 0.3) is 5.91 Å². The van der Waals surface area contributed by atoms with Crippen molar-refractivity contribution in [2.24, 2.45) is 0 Å². The molecule has 1 heterocycles. The van der Waals surface area contributed by atoms with Crippen LogP contribution in [-0.2, 0) is 6.54 Å². The first-order valence-electron chi connectivity index (χ1n) is 11.4. The Hall–Kier alpha value is -2.97. The molecule has 3 rings (SSSR count). The average Bonchev–Trinajstić information content (AvgIpc) is 2.83. The fourth-order valence-corrected chi connectivity index (χ4v) is 4.19. The smallest absolute Gasteiger partial charge is 0.335 e. The zero-order valence-electron chi connectivity index (χ0n) is 19.7. The molecule has 1 amide bonds. The molecule has 8 nitrogen and oxygen atoms in total. The number of nitrogens with zero attached hydrogens (tertiary/aromatic N) is 1. The second-order valence-electron chi connectivity index (χ2n) is 8.05. The zero-order valence-corrected chi connectivity index (χ0v) is 20.5. The summed E-state index contributed by atoms with van der Waals surface area (Å²) in [5.41, 5.74) is 1.34. The van der Waals surface area contributed by atoms with Gasteiger partial charge in [0.15, 0.2) is 0 Å². The van der Waals surface area contributed by atoms with Crippen molar-refractivity contribution >= 4 is 23.5 Å². The lowest BCUT2D eigenvalue weighted by Gasteiger charge is -2.32. The van der Waals surface area contributed by atoms with Crippen molar-refractivity contribution in [1.29, 1.82) is 0 Å². The number of ether oxygens (including phenoxy) is 3. The Balaban J connectivity index is 1.60. The molecule has 0 aromatic heterocycles. The summed E-state index contributed by atoms with van der Waals surface area (Å²) in [7, 11) is 1.44.